The van der Waals surface area contributed by atoms with Crippen molar-refractivity contribution in [2.75, 3.05) is 6.54 Å². The molecule has 0 bridgehead atoms. The molecule has 0 radical (unpaired) electrons. The monoisotopic (exact) mass is 360 g/mol. The van der Waals surface area contributed by atoms with Gasteiger partial charge in [0, 0.05) is 23.1 Å². The van der Waals surface area contributed by atoms with Gasteiger partial charge in [-0.25, -0.2) is 8.42 Å². The molecule has 1 aliphatic heterocycles. The van der Waals surface area contributed by atoms with Crippen LogP contribution < -0.4 is 5.73 Å². The second-order valence-electron chi connectivity index (χ2n) is 5.45. The number of hydrogen-bond acceptors (Lipinski definition) is 3. The van der Waals surface area contributed by atoms with Gasteiger partial charge < -0.3 is 5.73 Å². The molecule has 1 aromatic rings. The van der Waals surface area contributed by atoms with Gasteiger partial charge in [0.15, 0.2) is 0 Å². The molecule has 0 aliphatic carbocycles. The number of benzene rings is 1. The maximum atomic E-state index is 12.8. The average Bonchev–Trinajstić information content (AvgIpc) is 2.41. The van der Waals surface area contributed by atoms with Gasteiger partial charge in [0.25, 0.3) is 0 Å². The van der Waals surface area contributed by atoms with Crippen molar-refractivity contribution in [3.63, 3.8) is 0 Å². The molecule has 0 saturated carbocycles. The molecule has 1 fully saturated rings. The smallest absolute Gasteiger partial charge is 0.243 e. The molecule has 1 heterocycles. The van der Waals surface area contributed by atoms with Crippen LogP contribution in [0.1, 0.15) is 31.7 Å². The highest BCUT2D eigenvalue weighted by Gasteiger charge is 2.35. The molecular formula is C14H21BrN2O2S. The van der Waals surface area contributed by atoms with Gasteiger partial charge in [-0.05, 0) is 50.5 Å². The molecule has 1 aromatic carbocycles. The zero-order chi connectivity index (χ0) is 14.9. The van der Waals surface area contributed by atoms with Crippen LogP contribution in [0.15, 0.2) is 27.6 Å². The van der Waals surface area contributed by atoms with Gasteiger partial charge in [0.05, 0.1) is 4.90 Å². The Morgan fingerprint density at radius 2 is 2.10 bits per heavy atom. The summed E-state index contributed by atoms with van der Waals surface area (Å²) in [5.41, 5.74) is 6.89. The van der Waals surface area contributed by atoms with Crippen LogP contribution in [0.3, 0.4) is 0 Å². The zero-order valence-corrected chi connectivity index (χ0v) is 14.2. The Morgan fingerprint density at radius 3 is 2.70 bits per heavy atom. The summed E-state index contributed by atoms with van der Waals surface area (Å²) in [4.78, 5) is 0.353. The SMILES string of the molecule is Cc1cc(S(=O)(=O)N2CCCCC2C(C)N)ccc1Br. The van der Waals surface area contributed by atoms with Crippen LogP contribution in [0.2, 0.25) is 0 Å². The number of sulfonamides is 1. The largest absolute Gasteiger partial charge is 0.326 e. The number of nitrogens with zero attached hydrogens (tertiary/aromatic N) is 1. The van der Waals surface area contributed by atoms with Crippen LogP contribution in [0.25, 0.3) is 0 Å². The normalized spacial score (nSPS) is 22.7. The molecule has 2 rings (SSSR count). The van der Waals surface area contributed by atoms with Gasteiger partial charge in [-0.2, -0.15) is 4.31 Å². The molecule has 0 spiro atoms. The first-order valence-electron chi connectivity index (χ1n) is 6.87. The van der Waals surface area contributed by atoms with E-state index in [1.165, 1.54) is 0 Å². The van der Waals surface area contributed by atoms with E-state index in [0.717, 1.165) is 29.3 Å². The van der Waals surface area contributed by atoms with Crippen LogP contribution in [0.4, 0.5) is 0 Å². The zero-order valence-electron chi connectivity index (χ0n) is 11.8. The second-order valence-corrected chi connectivity index (χ2v) is 8.19. The van der Waals surface area contributed by atoms with Crippen LogP contribution in [-0.4, -0.2) is 31.4 Å². The van der Waals surface area contributed by atoms with E-state index in [1.807, 2.05) is 13.8 Å². The molecule has 0 aromatic heterocycles. The first-order chi connectivity index (χ1) is 9.34. The molecule has 1 aliphatic rings. The summed E-state index contributed by atoms with van der Waals surface area (Å²) < 4.78 is 28.1. The third-order valence-electron chi connectivity index (χ3n) is 3.84. The summed E-state index contributed by atoms with van der Waals surface area (Å²) in [6, 6.07) is 4.90. The van der Waals surface area contributed by atoms with Crippen molar-refractivity contribution >= 4 is 26.0 Å². The third kappa shape index (κ3) is 3.08. The predicted octanol–water partition coefficient (Wildman–Crippen LogP) is 2.65. The highest BCUT2D eigenvalue weighted by Crippen LogP contribution is 2.28. The van der Waals surface area contributed by atoms with Gasteiger partial charge >= 0.3 is 0 Å². The summed E-state index contributed by atoms with van der Waals surface area (Å²) in [5.74, 6) is 0. The Bertz CT molecular complexity index is 587. The number of nitrogens with two attached hydrogens (primary N) is 1. The number of aryl methyl sites for hydroxylation is 1. The van der Waals surface area contributed by atoms with Crippen LogP contribution in [-0.2, 0) is 10.0 Å². The standard InChI is InChI=1S/C14H21BrN2O2S/c1-10-9-12(6-7-13(10)15)20(18,19)17-8-4-3-5-14(17)11(2)16/h6-7,9,11,14H,3-5,8,16H2,1-2H3. The topological polar surface area (TPSA) is 63.4 Å². The quantitative estimate of drug-likeness (QED) is 0.900. The molecule has 2 atom stereocenters. The summed E-state index contributed by atoms with van der Waals surface area (Å²) in [5, 5.41) is 0. The van der Waals surface area contributed by atoms with E-state index in [0.29, 0.717) is 11.4 Å². The molecule has 2 unspecified atom stereocenters. The van der Waals surface area contributed by atoms with Crippen molar-refractivity contribution in [2.24, 2.45) is 5.73 Å². The molecule has 20 heavy (non-hydrogen) atoms. The molecule has 112 valence electrons. The minimum absolute atomic E-state index is 0.0993. The maximum Gasteiger partial charge on any atom is 0.243 e. The predicted molar refractivity (Wildman–Crippen MR) is 84.1 cm³/mol. The van der Waals surface area contributed by atoms with Gasteiger partial charge in [-0.3, -0.25) is 0 Å². The molecule has 2 N–H and O–H groups in total. The van der Waals surface area contributed by atoms with Crippen molar-refractivity contribution in [3.8, 4) is 0 Å². The van der Waals surface area contributed by atoms with Crippen molar-refractivity contribution in [1.82, 2.24) is 4.31 Å². The van der Waals surface area contributed by atoms with Crippen molar-refractivity contribution < 1.29 is 8.42 Å². The van der Waals surface area contributed by atoms with Crippen molar-refractivity contribution in [2.45, 2.75) is 50.1 Å². The first kappa shape index (κ1) is 15.9. The molecule has 6 heteroatoms. The van der Waals surface area contributed by atoms with E-state index in [-0.39, 0.29) is 12.1 Å². The summed E-state index contributed by atoms with van der Waals surface area (Å²) in [6.07, 6.45) is 2.78. The van der Waals surface area contributed by atoms with Crippen LogP contribution in [0.5, 0.6) is 0 Å². The van der Waals surface area contributed by atoms with E-state index in [1.54, 1.807) is 22.5 Å². The van der Waals surface area contributed by atoms with Gasteiger partial charge in [0.2, 0.25) is 10.0 Å². The Morgan fingerprint density at radius 1 is 1.40 bits per heavy atom. The summed E-state index contributed by atoms with van der Waals surface area (Å²) in [6.45, 7) is 4.33. The second kappa shape index (κ2) is 6.13. The summed E-state index contributed by atoms with van der Waals surface area (Å²) >= 11 is 3.40. The maximum absolute atomic E-state index is 12.8. The fourth-order valence-corrected chi connectivity index (χ4v) is 4.77. The Kier molecular flexibility index (Phi) is 4.89. The van der Waals surface area contributed by atoms with Crippen LogP contribution in [0, 0.1) is 6.92 Å². The number of halogens is 1. The number of hydrogen-bond donors (Lipinski definition) is 1. The lowest BCUT2D eigenvalue weighted by Gasteiger charge is -2.36. The summed E-state index contributed by atoms with van der Waals surface area (Å²) in [7, 11) is -3.46. The number of piperidine rings is 1. The fourth-order valence-electron chi connectivity index (χ4n) is 2.67. The molecule has 1 saturated heterocycles. The van der Waals surface area contributed by atoms with Gasteiger partial charge in [0.1, 0.15) is 0 Å². The minimum atomic E-state index is -3.46. The van der Waals surface area contributed by atoms with Gasteiger partial charge in [-0.15, -0.1) is 0 Å². The van der Waals surface area contributed by atoms with E-state index in [9.17, 15) is 8.42 Å². The number of rotatable bonds is 3. The highest BCUT2D eigenvalue weighted by molar-refractivity contribution is 9.10. The Labute approximate surface area is 129 Å². The Hall–Kier alpha value is -0.430. The molecule has 0 amide bonds. The van der Waals surface area contributed by atoms with Crippen molar-refractivity contribution in [3.05, 3.63) is 28.2 Å². The average molecular weight is 361 g/mol. The Balaban J connectivity index is 2.39. The lowest BCUT2D eigenvalue weighted by atomic mass is 10.00. The minimum Gasteiger partial charge on any atom is -0.326 e. The van der Waals surface area contributed by atoms with Crippen molar-refractivity contribution in [1.29, 1.82) is 0 Å². The lowest BCUT2D eigenvalue weighted by molar-refractivity contribution is 0.227. The van der Waals surface area contributed by atoms with E-state index < -0.39 is 10.0 Å². The lowest BCUT2D eigenvalue weighted by Crippen LogP contribution is -2.51. The van der Waals surface area contributed by atoms with E-state index in [4.69, 9.17) is 5.73 Å². The van der Waals surface area contributed by atoms with E-state index in [2.05, 4.69) is 15.9 Å². The third-order valence-corrected chi connectivity index (χ3v) is 6.65. The molecular weight excluding hydrogens is 340 g/mol. The molecule has 4 nitrogen and oxygen atoms in total. The highest BCUT2D eigenvalue weighted by atomic mass is 79.9. The van der Waals surface area contributed by atoms with Crippen LogP contribution >= 0.6 is 15.9 Å². The van der Waals surface area contributed by atoms with Gasteiger partial charge in [-0.1, -0.05) is 22.4 Å². The fraction of sp³-hybridized carbons (Fsp3) is 0.571. The first-order valence-corrected chi connectivity index (χ1v) is 9.11. The van der Waals surface area contributed by atoms with E-state index >= 15 is 0 Å².